The number of methoxy groups -OCH3 is 1. The predicted molar refractivity (Wildman–Crippen MR) is 140 cm³/mol. The quantitative estimate of drug-likeness (QED) is 0.387. The Morgan fingerprint density at radius 2 is 1.35 bits per heavy atom. The van der Waals surface area contributed by atoms with Gasteiger partial charge in [0, 0.05) is 16.9 Å². The zero-order chi connectivity index (χ0) is 25.5. The highest BCUT2D eigenvalue weighted by Crippen LogP contribution is 2.38. The topological polar surface area (TPSA) is 79.0 Å². The average molecular weight is 490 g/mol. The molecule has 0 saturated carbocycles. The van der Waals surface area contributed by atoms with Gasteiger partial charge in [0.15, 0.2) is 0 Å². The standard InChI is InChI=1S/C30H23N3O4/c1-37-26-16-15-19(17-20(26)18-32-28(34)22-11-5-6-12-23(22)29(32)35)27-31-25-14-8-7-13-24(25)30(36)33(27)21-9-3-2-4-10-21/h2-17,27,31H,18H2,1H3/t27-/m0/s1. The fraction of sp³-hybridized carbons (Fsp3) is 0.100. The minimum atomic E-state index is -0.517. The van der Waals surface area contributed by atoms with Gasteiger partial charge in [-0.3, -0.25) is 24.2 Å². The molecule has 4 aromatic rings. The molecule has 37 heavy (non-hydrogen) atoms. The zero-order valence-corrected chi connectivity index (χ0v) is 20.0. The summed E-state index contributed by atoms with van der Waals surface area (Å²) in [5.74, 6) is -0.241. The van der Waals surface area contributed by atoms with Crippen LogP contribution in [0.4, 0.5) is 11.4 Å². The van der Waals surface area contributed by atoms with E-state index in [1.54, 1.807) is 48.4 Å². The van der Waals surface area contributed by atoms with Gasteiger partial charge < -0.3 is 10.1 Å². The van der Waals surface area contributed by atoms with Crippen LogP contribution in [-0.4, -0.2) is 29.7 Å². The van der Waals surface area contributed by atoms with Crippen molar-refractivity contribution in [1.82, 2.24) is 4.90 Å². The highest BCUT2D eigenvalue weighted by atomic mass is 16.5. The Labute approximate surface area is 213 Å². The first-order valence-corrected chi connectivity index (χ1v) is 11.9. The smallest absolute Gasteiger partial charge is 0.262 e. The monoisotopic (exact) mass is 489 g/mol. The second-order valence-corrected chi connectivity index (χ2v) is 8.92. The van der Waals surface area contributed by atoms with E-state index in [0.29, 0.717) is 28.0 Å². The Bertz CT molecular complexity index is 1510. The van der Waals surface area contributed by atoms with Crippen molar-refractivity contribution in [3.8, 4) is 5.75 Å². The minimum Gasteiger partial charge on any atom is -0.496 e. The van der Waals surface area contributed by atoms with Crippen LogP contribution in [-0.2, 0) is 6.54 Å². The first kappa shape index (κ1) is 22.5. The van der Waals surface area contributed by atoms with Crippen molar-refractivity contribution in [2.75, 3.05) is 17.3 Å². The van der Waals surface area contributed by atoms with Crippen LogP contribution in [0.25, 0.3) is 0 Å². The normalized spacial score (nSPS) is 16.4. The maximum Gasteiger partial charge on any atom is 0.262 e. The van der Waals surface area contributed by atoms with Crippen LogP contribution in [0.2, 0.25) is 0 Å². The van der Waals surface area contributed by atoms with E-state index in [0.717, 1.165) is 16.9 Å². The summed E-state index contributed by atoms with van der Waals surface area (Å²) in [6.45, 7) is 0.0476. The molecule has 2 aliphatic rings. The molecule has 0 unspecified atom stereocenters. The number of imide groups is 1. The lowest BCUT2D eigenvalue weighted by molar-refractivity contribution is 0.0641. The molecule has 0 saturated heterocycles. The first-order valence-electron chi connectivity index (χ1n) is 11.9. The number of carbonyl (C=O) groups is 3. The Morgan fingerprint density at radius 3 is 2.03 bits per heavy atom. The molecule has 7 nitrogen and oxygen atoms in total. The number of para-hydroxylation sites is 2. The van der Waals surface area contributed by atoms with Crippen LogP contribution < -0.4 is 15.0 Å². The lowest BCUT2D eigenvalue weighted by Crippen LogP contribution is -2.43. The SMILES string of the molecule is COc1ccc([C@H]2Nc3ccccc3C(=O)N2c2ccccc2)cc1CN1C(=O)c2ccccc2C1=O. The van der Waals surface area contributed by atoms with Crippen molar-refractivity contribution < 1.29 is 19.1 Å². The number of ether oxygens (including phenoxy) is 1. The van der Waals surface area contributed by atoms with Crippen LogP contribution >= 0.6 is 0 Å². The van der Waals surface area contributed by atoms with Gasteiger partial charge in [0.05, 0.1) is 30.3 Å². The molecule has 6 rings (SSSR count). The number of hydrogen-bond acceptors (Lipinski definition) is 5. The Morgan fingerprint density at radius 1 is 0.730 bits per heavy atom. The van der Waals surface area contributed by atoms with Crippen molar-refractivity contribution in [3.05, 3.63) is 125 Å². The van der Waals surface area contributed by atoms with Crippen molar-refractivity contribution in [2.24, 2.45) is 0 Å². The van der Waals surface area contributed by atoms with E-state index in [4.69, 9.17) is 4.74 Å². The minimum absolute atomic E-state index is 0.0476. The summed E-state index contributed by atoms with van der Waals surface area (Å²) < 4.78 is 5.58. The van der Waals surface area contributed by atoms with E-state index in [2.05, 4.69) is 5.32 Å². The fourth-order valence-electron chi connectivity index (χ4n) is 4.99. The van der Waals surface area contributed by atoms with Crippen molar-refractivity contribution in [3.63, 3.8) is 0 Å². The highest BCUT2D eigenvalue weighted by Gasteiger charge is 2.37. The van der Waals surface area contributed by atoms with E-state index in [1.165, 1.54) is 4.90 Å². The summed E-state index contributed by atoms with van der Waals surface area (Å²) in [7, 11) is 1.55. The average Bonchev–Trinajstić information content (AvgIpc) is 3.18. The van der Waals surface area contributed by atoms with Gasteiger partial charge in [0.2, 0.25) is 0 Å². The van der Waals surface area contributed by atoms with E-state index in [-0.39, 0.29) is 24.3 Å². The number of amides is 3. The first-order chi connectivity index (χ1) is 18.1. The maximum absolute atomic E-state index is 13.7. The molecule has 0 spiro atoms. The van der Waals surface area contributed by atoms with Crippen molar-refractivity contribution in [2.45, 2.75) is 12.7 Å². The summed E-state index contributed by atoms with van der Waals surface area (Å²) in [6, 6.07) is 29.3. The molecule has 2 heterocycles. The van der Waals surface area contributed by atoms with Gasteiger partial charge in [0.25, 0.3) is 17.7 Å². The molecule has 0 bridgehead atoms. The maximum atomic E-state index is 13.7. The lowest BCUT2D eigenvalue weighted by atomic mass is 10.0. The predicted octanol–water partition coefficient (Wildman–Crippen LogP) is 5.26. The molecule has 2 aliphatic heterocycles. The number of carbonyl (C=O) groups excluding carboxylic acids is 3. The second kappa shape index (κ2) is 8.95. The number of fused-ring (bicyclic) bond motifs is 2. The summed E-state index contributed by atoms with van der Waals surface area (Å²) >= 11 is 0. The number of nitrogens with zero attached hydrogens (tertiary/aromatic N) is 2. The van der Waals surface area contributed by atoms with Gasteiger partial charge in [-0.25, -0.2) is 0 Å². The number of nitrogens with one attached hydrogen (secondary N) is 1. The van der Waals surface area contributed by atoms with Gasteiger partial charge in [0.1, 0.15) is 11.9 Å². The molecule has 182 valence electrons. The van der Waals surface area contributed by atoms with Crippen LogP contribution in [0, 0.1) is 0 Å². The van der Waals surface area contributed by atoms with Gasteiger partial charge in [-0.15, -0.1) is 0 Å². The molecular formula is C30H23N3O4. The van der Waals surface area contributed by atoms with E-state index in [1.807, 2.05) is 60.7 Å². The molecule has 0 fully saturated rings. The Hall–Kier alpha value is -4.91. The van der Waals surface area contributed by atoms with Crippen LogP contribution in [0.15, 0.2) is 97.1 Å². The third-order valence-corrected chi connectivity index (χ3v) is 6.79. The summed E-state index contributed by atoms with van der Waals surface area (Å²) in [4.78, 5) is 42.6. The Kier molecular flexibility index (Phi) is 5.45. The van der Waals surface area contributed by atoms with E-state index < -0.39 is 6.17 Å². The third kappa shape index (κ3) is 3.72. The molecular weight excluding hydrogens is 466 g/mol. The number of benzene rings is 4. The van der Waals surface area contributed by atoms with Crippen LogP contribution in [0.3, 0.4) is 0 Å². The molecule has 0 aliphatic carbocycles. The van der Waals surface area contributed by atoms with Crippen molar-refractivity contribution in [1.29, 1.82) is 0 Å². The highest BCUT2D eigenvalue weighted by molar-refractivity contribution is 6.21. The largest absolute Gasteiger partial charge is 0.496 e. The second-order valence-electron chi connectivity index (χ2n) is 8.92. The lowest BCUT2D eigenvalue weighted by Gasteiger charge is -2.38. The summed E-state index contributed by atoms with van der Waals surface area (Å²) in [6.07, 6.45) is -0.517. The zero-order valence-electron chi connectivity index (χ0n) is 20.0. The Balaban J connectivity index is 1.41. The van der Waals surface area contributed by atoms with E-state index in [9.17, 15) is 14.4 Å². The summed E-state index contributed by atoms with van der Waals surface area (Å²) in [5, 5.41) is 3.50. The van der Waals surface area contributed by atoms with Crippen molar-refractivity contribution >= 4 is 29.1 Å². The molecule has 4 aromatic carbocycles. The molecule has 0 radical (unpaired) electrons. The van der Waals surface area contributed by atoms with Gasteiger partial charge in [-0.05, 0) is 54.1 Å². The van der Waals surface area contributed by atoms with Crippen LogP contribution in [0.1, 0.15) is 48.4 Å². The number of rotatable bonds is 5. The molecule has 3 amide bonds. The third-order valence-electron chi connectivity index (χ3n) is 6.79. The molecule has 7 heteroatoms. The van der Waals surface area contributed by atoms with E-state index >= 15 is 0 Å². The number of anilines is 2. The number of hydrogen-bond donors (Lipinski definition) is 1. The molecule has 0 aromatic heterocycles. The van der Waals surface area contributed by atoms with Crippen LogP contribution in [0.5, 0.6) is 5.75 Å². The fourth-order valence-corrected chi connectivity index (χ4v) is 4.99. The molecule has 1 atom stereocenters. The van der Waals surface area contributed by atoms with Gasteiger partial charge >= 0.3 is 0 Å². The molecule has 1 N–H and O–H groups in total. The van der Waals surface area contributed by atoms with Gasteiger partial charge in [-0.2, -0.15) is 0 Å². The van der Waals surface area contributed by atoms with Gasteiger partial charge in [-0.1, -0.05) is 48.5 Å². The summed E-state index contributed by atoms with van der Waals surface area (Å²) in [5.41, 5.74) is 4.32.